The van der Waals surface area contributed by atoms with Gasteiger partial charge in [0.05, 0.1) is 26.7 Å². The molecule has 0 aliphatic rings. The maximum Gasteiger partial charge on any atom is 0.204 e. The summed E-state index contributed by atoms with van der Waals surface area (Å²) in [4.78, 5) is 0. The molecular weight excluding hydrogens is 232 g/mol. The van der Waals surface area contributed by atoms with E-state index in [0.29, 0.717) is 22.8 Å². The zero-order valence-electron chi connectivity index (χ0n) is 11.0. The zero-order chi connectivity index (χ0) is 13.3. The first kappa shape index (κ1) is 12.4. The Hall–Kier alpha value is -2.10. The molecule has 0 spiro atoms. The molecule has 0 saturated heterocycles. The van der Waals surface area contributed by atoms with Gasteiger partial charge in [-0.3, -0.25) is 0 Å². The van der Waals surface area contributed by atoms with Gasteiger partial charge in [0.2, 0.25) is 5.75 Å². The number of allylic oxidation sites excluding steroid dienone is 1. The average Bonchev–Trinajstić information content (AvgIpc) is 2.79. The maximum absolute atomic E-state index is 5.70. The lowest BCUT2D eigenvalue weighted by Crippen LogP contribution is -1.94. The average molecular weight is 248 g/mol. The smallest absolute Gasteiger partial charge is 0.204 e. The van der Waals surface area contributed by atoms with Crippen LogP contribution in [-0.4, -0.2) is 21.3 Å². The minimum atomic E-state index is 0.557. The molecule has 1 heterocycles. The van der Waals surface area contributed by atoms with Crippen molar-refractivity contribution in [2.24, 2.45) is 0 Å². The summed E-state index contributed by atoms with van der Waals surface area (Å²) in [5.41, 5.74) is 1.54. The van der Waals surface area contributed by atoms with E-state index in [4.69, 9.17) is 18.6 Å². The standard InChI is InChI=1S/C14H16O4/c1-8(2)10-6-9-11(18-10)7-12(15-3)14(17-5)13(9)16-4/h6-7H,1H2,2-5H3. The van der Waals surface area contributed by atoms with Crippen molar-refractivity contribution in [2.45, 2.75) is 6.92 Å². The molecule has 0 saturated carbocycles. The van der Waals surface area contributed by atoms with Crippen molar-refractivity contribution in [3.05, 3.63) is 24.5 Å². The summed E-state index contributed by atoms with van der Waals surface area (Å²) in [6.45, 7) is 5.75. The molecule has 0 fully saturated rings. The van der Waals surface area contributed by atoms with Crippen LogP contribution in [0.1, 0.15) is 12.7 Å². The van der Waals surface area contributed by atoms with Gasteiger partial charge in [0, 0.05) is 6.07 Å². The van der Waals surface area contributed by atoms with Gasteiger partial charge in [0.1, 0.15) is 11.3 Å². The highest BCUT2D eigenvalue weighted by molar-refractivity contribution is 5.91. The number of ether oxygens (including phenoxy) is 3. The van der Waals surface area contributed by atoms with Crippen LogP contribution < -0.4 is 14.2 Å². The fraction of sp³-hybridized carbons (Fsp3) is 0.286. The number of rotatable bonds is 4. The SMILES string of the molecule is C=C(C)c1cc2c(OC)c(OC)c(OC)cc2o1. The number of fused-ring (bicyclic) bond motifs is 1. The van der Waals surface area contributed by atoms with E-state index in [1.54, 1.807) is 27.4 Å². The monoisotopic (exact) mass is 248 g/mol. The molecule has 1 aromatic heterocycles. The third-order valence-corrected chi connectivity index (χ3v) is 2.75. The van der Waals surface area contributed by atoms with E-state index in [9.17, 15) is 0 Å². The predicted octanol–water partition coefficient (Wildman–Crippen LogP) is 3.49. The molecule has 4 nitrogen and oxygen atoms in total. The minimum absolute atomic E-state index is 0.557. The third-order valence-electron chi connectivity index (χ3n) is 2.75. The zero-order valence-corrected chi connectivity index (χ0v) is 11.0. The van der Waals surface area contributed by atoms with Crippen LogP contribution in [0.3, 0.4) is 0 Å². The van der Waals surface area contributed by atoms with Crippen molar-refractivity contribution in [2.75, 3.05) is 21.3 Å². The summed E-state index contributed by atoms with van der Waals surface area (Å²) in [7, 11) is 4.74. The molecule has 0 N–H and O–H groups in total. The molecule has 0 radical (unpaired) electrons. The Labute approximate surface area is 106 Å². The third kappa shape index (κ3) is 1.79. The molecule has 0 atom stereocenters. The van der Waals surface area contributed by atoms with Gasteiger partial charge in [-0.05, 0) is 18.6 Å². The van der Waals surface area contributed by atoms with Crippen molar-refractivity contribution in [3.63, 3.8) is 0 Å². The number of hydrogen-bond donors (Lipinski definition) is 0. The van der Waals surface area contributed by atoms with Crippen molar-refractivity contribution < 1.29 is 18.6 Å². The molecule has 4 heteroatoms. The normalized spacial score (nSPS) is 10.4. The lowest BCUT2D eigenvalue weighted by molar-refractivity contribution is 0.326. The van der Waals surface area contributed by atoms with Crippen LogP contribution in [0.15, 0.2) is 23.1 Å². The second kappa shape index (κ2) is 4.64. The Morgan fingerprint density at radius 3 is 2.22 bits per heavy atom. The van der Waals surface area contributed by atoms with E-state index < -0.39 is 0 Å². The van der Waals surface area contributed by atoms with E-state index in [-0.39, 0.29) is 0 Å². The quantitative estimate of drug-likeness (QED) is 0.830. The van der Waals surface area contributed by atoms with E-state index in [0.717, 1.165) is 16.7 Å². The predicted molar refractivity (Wildman–Crippen MR) is 70.6 cm³/mol. The number of furan rings is 1. The largest absolute Gasteiger partial charge is 0.493 e. The van der Waals surface area contributed by atoms with Gasteiger partial charge in [0.25, 0.3) is 0 Å². The number of hydrogen-bond acceptors (Lipinski definition) is 4. The van der Waals surface area contributed by atoms with Crippen molar-refractivity contribution in [3.8, 4) is 17.2 Å². The highest BCUT2D eigenvalue weighted by Gasteiger charge is 2.19. The molecule has 2 rings (SSSR count). The molecular formula is C14H16O4. The summed E-state index contributed by atoms with van der Waals surface area (Å²) < 4.78 is 21.7. The van der Waals surface area contributed by atoms with Crippen molar-refractivity contribution in [1.82, 2.24) is 0 Å². The van der Waals surface area contributed by atoms with Gasteiger partial charge in [-0.25, -0.2) is 0 Å². The fourth-order valence-corrected chi connectivity index (χ4v) is 1.87. The van der Waals surface area contributed by atoms with Crippen LogP contribution in [0.2, 0.25) is 0 Å². The molecule has 0 bridgehead atoms. The second-order valence-corrected chi connectivity index (χ2v) is 3.95. The summed E-state index contributed by atoms with van der Waals surface area (Å²) in [5, 5.41) is 0.841. The van der Waals surface area contributed by atoms with Gasteiger partial charge < -0.3 is 18.6 Å². The lowest BCUT2D eigenvalue weighted by atomic mass is 10.2. The number of benzene rings is 1. The Balaban J connectivity index is 2.79. The molecule has 0 aliphatic heterocycles. The molecule has 0 amide bonds. The highest BCUT2D eigenvalue weighted by atomic mass is 16.5. The Morgan fingerprint density at radius 2 is 1.72 bits per heavy atom. The van der Waals surface area contributed by atoms with Crippen LogP contribution >= 0.6 is 0 Å². The van der Waals surface area contributed by atoms with E-state index >= 15 is 0 Å². The van der Waals surface area contributed by atoms with E-state index in [1.807, 2.05) is 13.0 Å². The van der Waals surface area contributed by atoms with Gasteiger partial charge >= 0.3 is 0 Å². The van der Waals surface area contributed by atoms with Crippen LogP contribution in [0, 0.1) is 0 Å². The van der Waals surface area contributed by atoms with Crippen LogP contribution in [0.4, 0.5) is 0 Å². The highest BCUT2D eigenvalue weighted by Crippen LogP contribution is 2.44. The molecule has 96 valence electrons. The molecule has 0 aliphatic carbocycles. The van der Waals surface area contributed by atoms with Gasteiger partial charge in [-0.1, -0.05) is 6.58 Å². The van der Waals surface area contributed by atoms with Crippen LogP contribution in [0.5, 0.6) is 17.2 Å². The maximum atomic E-state index is 5.70. The fourth-order valence-electron chi connectivity index (χ4n) is 1.87. The Bertz CT molecular complexity index is 595. The Morgan fingerprint density at radius 1 is 1.06 bits per heavy atom. The Kier molecular flexibility index (Phi) is 3.19. The summed E-state index contributed by atoms with van der Waals surface area (Å²) in [5.74, 6) is 2.45. The van der Waals surface area contributed by atoms with Crippen molar-refractivity contribution >= 4 is 16.5 Å². The first-order valence-corrected chi connectivity index (χ1v) is 5.50. The minimum Gasteiger partial charge on any atom is -0.493 e. The van der Waals surface area contributed by atoms with Crippen LogP contribution in [0.25, 0.3) is 16.5 Å². The summed E-state index contributed by atoms with van der Waals surface area (Å²) in [6.07, 6.45) is 0. The van der Waals surface area contributed by atoms with E-state index in [2.05, 4.69) is 6.58 Å². The summed E-state index contributed by atoms with van der Waals surface area (Å²) in [6, 6.07) is 3.67. The van der Waals surface area contributed by atoms with Gasteiger partial charge in [0.15, 0.2) is 11.5 Å². The molecule has 18 heavy (non-hydrogen) atoms. The molecule has 2 aromatic rings. The molecule has 0 unspecified atom stereocenters. The topological polar surface area (TPSA) is 40.8 Å². The second-order valence-electron chi connectivity index (χ2n) is 3.95. The first-order valence-electron chi connectivity index (χ1n) is 5.50. The van der Waals surface area contributed by atoms with Gasteiger partial charge in [-0.15, -0.1) is 0 Å². The lowest BCUT2D eigenvalue weighted by Gasteiger charge is -2.12. The van der Waals surface area contributed by atoms with E-state index in [1.165, 1.54) is 0 Å². The molecule has 1 aromatic carbocycles. The first-order chi connectivity index (χ1) is 8.62. The van der Waals surface area contributed by atoms with Crippen LogP contribution in [-0.2, 0) is 0 Å². The van der Waals surface area contributed by atoms with Gasteiger partial charge in [-0.2, -0.15) is 0 Å². The van der Waals surface area contributed by atoms with Crippen molar-refractivity contribution in [1.29, 1.82) is 0 Å². The summed E-state index contributed by atoms with van der Waals surface area (Å²) >= 11 is 0. The number of methoxy groups -OCH3 is 3.